The van der Waals surface area contributed by atoms with E-state index >= 15 is 0 Å². The lowest BCUT2D eigenvalue weighted by Crippen LogP contribution is -2.26. The number of amides is 1. The third-order valence-electron chi connectivity index (χ3n) is 7.29. The average molecular weight is 533 g/mol. The molecule has 7 heteroatoms. The molecule has 1 aromatic heterocycles. The number of hydrogen-bond donors (Lipinski definition) is 1. The average Bonchev–Trinajstić information content (AvgIpc) is 3.16. The van der Waals surface area contributed by atoms with Crippen LogP contribution in [0.3, 0.4) is 0 Å². The van der Waals surface area contributed by atoms with E-state index in [-0.39, 0.29) is 29.8 Å². The first-order valence-corrected chi connectivity index (χ1v) is 13.1. The Labute approximate surface area is 227 Å². The minimum atomic E-state index is -1.13. The molecule has 0 aliphatic heterocycles. The molecule has 0 saturated carbocycles. The summed E-state index contributed by atoms with van der Waals surface area (Å²) in [4.78, 5) is 24.0. The van der Waals surface area contributed by atoms with Crippen molar-refractivity contribution in [1.82, 2.24) is 9.88 Å². The summed E-state index contributed by atoms with van der Waals surface area (Å²) in [6.45, 7) is 11.6. The van der Waals surface area contributed by atoms with E-state index in [0.717, 1.165) is 27.7 Å². The molecule has 39 heavy (non-hydrogen) atoms. The van der Waals surface area contributed by atoms with Crippen molar-refractivity contribution >= 4 is 23.1 Å². The molecule has 0 radical (unpaired) electrons. The molecule has 204 valence electrons. The van der Waals surface area contributed by atoms with E-state index in [1.165, 1.54) is 24.6 Å². The van der Waals surface area contributed by atoms with Gasteiger partial charge in [0.25, 0.3) is 5.91 Å². The third-order valence-corrected chi connectivity index (χ3v) is 7.29. The van der Waals surface area contributed by atoms with Gasteiger partial charge in [-0.1, -0.05) is 44.2 Å². The van der Waals surface area contributed by atoms with E-state index in [9.17, 15) is 18.4 Å². The molecule has 5 nitrogen and oxygen atoms in total. The van der Waals surface area contributed by atoms with Gasteiger partial charge in [-0.3, -0.25) is 9.59 Å². The molecule has 0 aliphatic carbocycles. The zero-order valence-electron chi connectivity index (χ0n) is 23.1. The second kappa shape index (κ2) is 11.4. The zero-order valence-corrected chi connectivity index (χ0v) is 23.1. The van der Waals surface area contributed by atoms with Crippen LogP contribution in [0, 0.1) is 25.5 Å². The first kappa shape index (κ1) is 28.0. The first-order valence-electron chi connectivity index (χ1n) is 13.1. The highest BCUT2D eigenvalue weighted by Gasteiger charge is 2.20. The minimum absolute atomic E-state index is 0.0945. The Bertz CT molecular complexity index is 1540. The van der Waals surface area contributed by atoms with Crippen molar-refractivity contribution in [3.8, 4) is 5.75 Å². The van der Waals surface area contributed by atoms with Crippen molar-refractivity contribution in [3.05, 3.63) is 99.7 Å². The van der Waals surface area contributed by atoms with Crippen molar-refractivity contribution in [2.45, 2.75) is 66.2 Å². The van der Waals surface area contributed by atoms with Gasteiger partial charge in [0.15, 0.2) is 24.0 Å². The van der Waals surface area contributed by atoms with Crippen molar-refractivity contribution in [2.24, 2.45) is 0 Å². The molecule has 0 spiro atoms. The fourth-order valence-electron chi connectivity index (χ4n) is 4.73. The Hall–Kier alpha value is -4.00. The minimum Gasteiger partial charge on any atom is -0.480 e. The molecular formula is C32H34F2N2O3. The molecule has 2 atom stereocenters. The molecule has 1 unspecified atom stereocenters. The second-order valence-corrected chi connectivity index (χ2v) is 10.4. The van der Waals surface area contributed by atoms with E-state index in [4.69, 9.17) is 4.74 Å². The Balaban J connectivity index is 1.59. The number of aldehydes is 1. The van der Waals surface area contributed by atoms with Crippen LogP contribution in [0.1, 0.15) is 78.0 Å². The smallest absolute Gasteiger partial charge is 0.251 e. The molecule has 1 amide bonds. The van der Waals surface area contributed by atoms with Gasteiger partial charge in [0.1, 0.15) is 0 Å². The van der Waals surface area contributed by atoms with Crippen LogP contribution >= 0.6 is 0 Å². The fourth-order valence-corrected chi connectivity index (χ4v) is 4.73. The van der Waals surface area contributed by atoms with Crippen LogP contribution in [-0.2, 0) is 11.3 Å². The molecule has 0 bridgehead atoms. The summed E-state index contributed by atoms with van der Waals surface area (Å²) in [5.41, 5.74) is 5.59. The lowest BCUT2D eigenvalue weighted by Gasteiger charge is -2.17. The number of nitrogens with one attached hydrogen (secondary N) is 1. The van der Waals surface area contributed by atoms with Crippen LogP contribution in [0.15, 0.2) is 54.6 Å². The summed E-state index contributed by atoms with van der Waals surface area (Å²) in [5.74, 6) is -2.23. The SMILES string of the molecule is Cc1c(C)n(Cc2ccc(OC(C)C=O)c(F)c2F)c2ccc(C(=O)N[C@@H](C)c3cccc(C(C)C)c3)cc12. The van der Waals surface area contributed by atoms with Gasteiger partial charge >= 0.3 is 0 Å². The molecule has 0 aliphatic rings. The standard InChI is InChI=1S/C32H34F2N2O3/c1-18(2)23-8-7-9-24(14-23)21(5)35-32(38)25-10-12-28-27(15-25)20(4)22(6)36(28)16-26-11-13-29(31(34)30(26)33)39-19(3)17-37/h7-15,17-19,21H,16H2,1-6H3,(H,35,38)/t19?,21-/m0/s1. The Kier molecular flexibility index (Phi) is 8.19. The zero-order chi connectivity index (χ0) is 28.4. The van der Waals surface area contributed by atoms with E-state index < -0.39 is 17.7 Å². The normalized spacial score (nSPS) is 12.9. The predicted molar refractivity (Wildman–Crippen MR) is 149 cm³/mol. The van der Waals surface area contributed by atoms with Gasteiger partial charge < -0.3 is 14.6 Å². The maximum atomic E-state index is 14.9. The van der Waals surface area contributed by atoms with Crippen molar-refractivity contribution < 1.29 is 23.1 Å². The quantitative estimate of drug-likeness (QED) is 0.233. The van der Waals surface area contributed by atoms with Crippen LogP contribution < -0.4 is 10.1 Å². The van der Waals surface area contributed by atoms with Crippen molar-refractivity contribution in [2.75, 3.05) is 0 Å². The van der Waals surface area contributed by atoms with Gasteiger partial charge in [-0.2, -0.15) is 4.39 Å². The maximum Gasteiger partial charge on any atom is 0.251 e. The highest BCUT2D eigenvalue weighted by atomic mass is 19.2. The van der Waals surface area contributed by atoms with Crippen LogP contribution in [0.4, 0.5) is 8.78 Å². The molecule has 1 heterocycles. The number of fused-ring (bicyclic) bond motifs is 1. The molecule has 3 aromatic carbocycles. The fraction of sp³-hybridized carbons (Fsp3) is 0.312. The van der Waals surface area contributed by atoms with Gasteiger partial charge in [-0.15, -0.1) is 0 Å². The maximum absolute atomic E-state index is 14.9. The number of halogens is 2. The molecule has 4 aromatic rings. The van der Waals surface area contributed by atoms with Crippen molar-refractivity contribution in [1.29, 1.82) is 0 Å². The summed E-state index contributed by atoms with van der Waals surface area (Å²) >= 11 is 0. The highest BCUT2D eigenvalue weighted by molar-refractivity contribution is 5.99. The summed E-state index contributed by atoms with van der Waals surface area (Å²) in [7, 11) is 0. The van der Waals surface area contributed by atoms with Crippen LogP contribution in [0.25, 0.3) is 10.9 Å². The monoisotopic (exact) mass is 532 g/mol. The number of rotatable bonds is 9. The van der Waals surface area contributed by atoms with Crippen LogP contribution in [-0.4, -0.2) is 22.9 Å². The van der Waals surface area contributed by atoms with Crippen LogP contribution in [0.5, 0.6) is 5.75 Å². The number of aryl methyl sites for hydroxylation is 1. The molecule has 0 saturated heterocycles. The number of nitrogens with zero attached hydrogens (tertiary/aromatic N) is 1. The van der Waals surface area contributed by atoms with Gasteiger partial charge in [-0.25, -0.2) is 4.39 Å². The van der Waals surface area contributed by atoms with Gasteiger partial charge in [0, 0.05) is 27.7 Å². The Morgan fingerprint density at radius 1 is 0.974 bits per heavy atom. The van der Waals surface area contributed by atoms with E-state index in [1.807, 2.05) is 49.6 Å². The lowest BCUT2D eigenvalue weighted by atomic mass is 9.98. The largest absolute Gasteiger partial charge is 0.480 e. The summed E-state index contributed by atoms with van der Waals surface area (Å²) in [6.07, 6.45) is -0.370. The summed E-state index contributed by atoms with van der Waals surface area (Å²) in [5, 5.41) is 3.96. The predicted octanol–water partition coefficient (Wildman–Crippen LogP) is 7.17. The first-order chi connectivity index (χ1) is 18.5. The van der Waals surface area contributed by atoms with Crippen molar-refractivity contribution in [3.63, 3.8) is 0 Å². The highest BCUT2D eigenvalue weighted by Crippen LogP contribution is 2.30. The summed E-state index contributed by atoms with van der Waals surface area (Å²) < 4.78 is 36.6. The Morgan fingerprint density at radius 2 is 1.69 bits per heavy atom. The molecule has 4 rings (SSSR count). The number of carbonyl (C=O) groups excluding carboxylic acids is 2. The number of ether oxygens (including phenoxy) is 1. The molecule has 0 fully saturated rings. The number of carbonyl (C=O) groups is 2. The number of aromatic nitrogens is 1. The molecule has 1 N–H and O–H groups in total. The lowest BCUT2D eigenvalue weighted by molar-refractivity contribution is -0.113. The molecular weight excluding hydrogens is 498 g/mol. The van der Waals surface area contributed by atoms with E-state index in [0.29, 0.717) is 17.8 Å². The van der Waals surface area contributed by atoms with E-state index in [2.05, 4.69) is 31.3 Å². The van der Waals surface area contributed by atoms with E-state index in [1.54, 1.807) is 6.07 Å². The van der Waals surface area contributed by atoms with Gasteiger partial charge in [-0.05, 0) is 74.6 Å². The topological polar surface area (TPSA) is 60.3 Å². The van der Waals surface area contributed by atoms with Crippen LogP contribution in [0.2, 0.25) is 0 Å². The second-order valence-electron chi connectivity index (χ2n) is 10.4. The Morgan fingerprint density at radius 3 is 2.38 bits per heavy atom. The third kappa shape index (κ3) is 5.72. The van der Waals surface area contributed by atoms with Gasteiger partial charge in [0.05, 0.1) is 12.6 Å². The van der Waals surface area contributed by atoms with Gasteiger partial charge in [0.2, 0.25) is 5.82 Å². The summed E-state index contributed by atoms with van der Waals surface area (Å²) in [6, 6.07) is 16.3. The number of hydrogen-bond acceptors (Lipinski definition) is 3. The number of benzene rings is 3.